The van der Waals surface area contributed by atoms with Crippen LogP contribution in [0, 0.1) is 6.92 Å². The number of nitrogens with zero attached hydrogens (tertiary/aromatic N) is 4. The second-order valence-electron chi connectivity index (χ2n) is 6.37. The van der Waals surface area contributed by atoms with E-state index in [1.165, 1.54) is 0 Å². The van der Waals surface area contributed by atoms with E-state index in [1.807, 2.05) is 23.6 Å². The molecule has 136 valence electrons. The number of rotatable bonds is 4. The molecule has 3 heterocycles. The molecule has 1 N–H and O–H groups in total. The summed E-state index contributed by atoms with van der Waals surface area (Å²) in [6.07, 6.45) is 6.62. The summed E-state index contributed by atoms with van der Waals surface area (Å²) in [5.74, 6) is 1.29. The summed E-state index contributed by atoms with van der Waals surface area (Å²) in [5, 5.41) is 2.91. The van der Waals surface area contributed by atoms with Crippen molar-refractivity contribution in [3.8, 4) is 5.82 Å². The summed E-state index contributed by atoms with van der Waals surface area (Å²) >= 11 is 0. The Bertz CT molecular complexity index is 994. The normalized spacial score (nSPS) is 13.8. The van der Waals surface area contributed by atoms with Crippen LogP contribution >= 0.6 is 0 Å². The molecule has 2 aromatic heterocycles. The van der Waals surface area contributed by atoms with Crippen LogP contribution in [0.5, 0.6) is 0 Å². The molecule has 0 spiro atoms. The zero-order valence-electron chi connectivity index (χ0n) is 14.9. The van der Waals surface area contributed by atoms with Gasteiger partial charge in [0, 0.05) is 42.8 Å². The third kappa shape index (κ3) is 3.31. The molecule has 1 aliphatic rings. The average molecular weight is 361 g/mol. The topological polar surface area (TPSA) is 80.1 Å². The van der Waals surface area contributed by atoms with E-state index in [9.17, 15) is 9.59 Å². The molecule has 1 saturated heterocycles. The minimum absolute atomic E-state index is 0.128. The molecule has 0 bridgehead atoms. The van der Waals surface area contributed by atoms with Crippen LogP contribution in [0.3, 0.4) is 0 Å². The van der Waals surface area contributed by atoms with E-state index in [0.29, 0.717) is 23.5 Å². The van der Waals surface area contributed by atoms with Crippen LogP contribution in [0.2, 0.25) is 0 Å². The SMILES string of the molecule is Cc1nccn1-c1ncccc1NC(=O)c1ccc(N2CCCC2=O)cc1. The average Bonchev–Trinajstić information content (AvgIpc) is 3.30. The van der Waals surface area contributed by atoms with Gasteiger partial charge in [-0.1, -0.05) is 0 Å². The number of imidazole rings is 1. The van der Waals surface area contributed by atoms with Crippen molar-refractivity contribution in [3.63, 3.8) is 0 Å². The summed E-state index contributed by atoms with van der Waals surface area (Å²) in [6.45, 7) is 2.60. The van der Waals surface area contributed by atoms with Crippen molar-refractivity contribution in [1.82, 2.24) is 14.5 Å². The van der Waals surface area contributed by atoms with E-state index < -0.39 is 0 Å². The van der Waals surface area contributed by atoms with Crippen LogP contribution in [0.1, 0.15) is 29.0 Å². The van der Waals surface area contributed by atoms with Crippen molar-refractivity contribution in [3.05, 3.63) is 66.4 Å². The second kappa shape index (κ2) is 7.03. The lowest BCUT2D eigenvalue weighted by Crippen LogP contribution is -2.23. The van der Waals surface area contributed by atoms with Gasteiger partial charge >= 0.3 is 0 Å². The van der Waals surface area contributed by atoms with Crippen LogP contribution in [-0.2, 0) is 4.79 Å². The molecule has 7 heteroatoms. The number of hydrogen-bond donors (Lipinski definition) is 1. The Labute approximate surface area is 156 Å². The lowest BCUT2D eigenvalue weighted by Gasteiger charge is -2.16. The number of carbonyl (C=O) groups is 2. The van der Waals surface area contributed by atoms with Gasteiger partial charge in [0.15, 0.2) is 5.82 Å². The van der Waals surface area contributed by atoms with Gasteiger partial charge in [-0.25, -0.2) is 9.97 Å². The lowest BCUT2D eigenvalue weighted by atomic mass is 10.2. The van der Waals surface area contributed by atoms with E-state index in [4.69, 9.17) is 0 Å². The quantitative estimate of drug-likeness (QED) is 0.775. The van der Waals surface area contributed by atoms with Gasteiger partial charge in [-0.2, -0.15) is 0 Å². The van der Waals surface area contributed by atoms with Crippen molar-refractivity contribution >= 4 is 23.2 Å². The molecule has 0 aliphatic carbocycles. The van der Waals surface area contributed by atoms with Crippen molar-refractivity contribution in [2.75, 3.05) is 16.8 Å². The second-order valence-corrected chi connectivity index (χ2v) is 6.37. The number of aryl methyl sites for hydroxylation is 1. The Morgan fingerprint density at radius 3 is 2.59 bits per heavy atom. The predicted octanol–water partition coefficient (Wildman–Crippen LogP) is 2.95. The Morgan fingerprint density at radius 2 is 1.93 bits per heavy atom. The van der Waals surface area contributed by atoms with Gasteiger partial charge in [0.1, 0.15) is 5.82 Å². The molecule has 2 amide bonds. The molecule has 0 atom stereocenters. The zero-order chi connectivity index (χ0) is 18.8. The van der Waals surface area contributed by atoms with Crippen LogP contribution in [-0.4, -0.2) is 32.9 Å². The Hall–Kier alpha value is -3.48. The smallest absolute Gasteiger partial charge is 0.255 e. The van der Waals surface area contributed by atoms with Gasteiger partial charge in [0.2, 0.25) is 5.91 Å². The van der Waals surface area contributed by atoms with E-state index in [-0.39, 0.29) is 11.8 Å². The molecule has 0 radical (unpaired) electrons. The molecule has 0 unspecified atom stereocenters. The summed E-state index contributed by atoms with van der Waals surface area (Å²) in [7, 11) is 0. The van der Waals surface area contributed by atoms with Gasteiger partial charge in [0.25, 0.3) is 5.91 Å². The minimum Gasteiger partial charge on any atom is -0.319 e. The largest absolute Gasteiger partial charge is 0.319 e. The van der Waals surface area contributed by atoms with Crippen LogP contribution < -0.4 is 10.2 Å². The van der Waals surface area contributed by atoms with Crippen LogP contribution in [0.15, 0.2) is 55.0 Å². The van der Waals surface area contributed by atoms with E-state index in [2.05, 4.69) is 15.3 Å². The molecule has 7 nitrogen and oxygen atoms in total. The highest BCUT2D eigenvalue weighted by Gasteiger charge is 2.21. The van der Waals surface area contributed by atoms with Gasteiger partial charge in [-0.05, 0) is 49.7 Å². The number of anilines is 2. The molecule has 27 heavy (non-hydrogen) atoms. The van der Waals surface area contributed by atoms with Gasteiger partial charge < -0.3 is 10.2 Å². The fourth-order valence-corrected chi connectivity index (χ4v) is 3.20. The number of hydrogen-bond acceptors (Lipinski definition) is 4. The Kier molecular flexibility index (Phi) is 4.42. The first-order valence-corrected chi connectivity index (χ1v) is 8.80. The molecule has 1 aliphatic heterocycles. The van der Waals surface area contributed by atoms with E-state index in [1.54, 1.807) is 47.8 Å². The first-order valence-electron chi connectivity index (χ1n) is 8.80. The van der Waals surface area contributed by atoms with Crippen molar-refractivity contribution in [2.45, 2.75) is 19.8 Å². The van der Waals surface area contributed by atoms with Gasteiger partial charge in [-0.3, -0.25) is 14.2 Å². The highest BCUT2D eigenvalue weighted by molar-refractivity contribution is 6.05. The van der Waals surface area contributed by atoms with E-state index >= 15 is 0 Å². The lowest BCUT2D eigenvalue weighted by molar-refractivity contribution is -0.117. The maximum Gasteiger partial charge on any atom is 0.255 e. The third-order valence-electron chi connectivity index (χ3n) is 4.60. The summed E-state index contributed by atoms with van der Waals surface area (Å²) in [4.78, 5) is 34.8. The maximum atomic E-state index is 12.7. The zero-order valence-corrected chi connectivity index (χ0v) is 14.9. The first-order chi connectivity index (χ1) is 13.1. The fourth-order valence-electron chi connectivity index (χ4n) is 3.20. The standard InChI is InChI=1S/C20H19N5O2/c1-14-21-11-13-24(14)19-17(4-2-10-22-19)23-20(27)15-6-8-16(9-7-15)25-12-3-5-18(25)26/h2,4,6-11,13H,3,5,12H2,1H3,(H,23,27). The summed E-state index contributed by atoms with van der Waals surface area (Å²) in [6, 6.07) is 10.7. The number of amides is 2. The maximum absolute atomic E-state index is 12.7. The fraction of sp³-hybridized carbons (Fsp3) is 0.200. The summed E-state index contributed by atoms with van der Waals surface area (Å²) in [5.41, 5.74) is 1.94. The molecular weight excluding hydrogens is 342 g/mol. The Balaban J connectivity index is 1.55. The predicted molar refractivity (Wildman–Crippen MR) is 102 cm³/mol. The monoisotopic (exact) mass is 361 g/mol. The minimum atomic E-state index is -0.235. The molecule has 1 fully saturated rings. The number of carbonyl (C=O) groups excluding carboxylic acids is 2. The highest BCUT2D eigenvalue weighted by Crippen LogP contribution is 2.23. The first kappa shape index (κ1) is 17.0. The molecule has 0 saturated carbocycles. The summed E-state index contributed by atoms with van der Waals surface area (Å²) < 4.78 is 1.82. The van der Waals surface area contributed by atoms with Gasteiger partial charge in [-0.15, -0.1) is 0 Å². The molecule has 1 aromatic carbocycles. The number of benzene rings is 1. The number of aromatic nitrogens is 3. The van der Waals surface area contributed by atoms with E-state index in [0.717, 1.165) is 24.5 Å². The van der Waals surface area contributed by atoms with Gasteiger partial charge in [0.05, 0.1) is 5.69 Å². The molecule has 3 aromatic rings. The molecule has 4 rings (SSSR count). The third-order valence-corrected chi connectivity index (χ3v) is 4.60. The van der Waals surface area contributed by atoms with Crippen molar-refractivity contribution in [1.29, 1.82) is 0 Å². The number of nitrogens with one attached hydrogen (secondary N) is 1. The molecular formula is C20H19N5O2. The highest BCUT2D eigenvalue weighted by atomic mass is 16.2. The van der Waals surface area contributed by atoms with Crippen LogP contribution in [0.25, 0.3) is 5.82 Å². The van der Waals surface area contributed by atoms with Crippen molar-refractivity contribution < 1.29 is 9.59 Å². The van der Waals surface area contributed by atoms with Crippen molar-refractivity contribution in [2.24, 2.45) is 0 Å². The van der Waals surface area contributed by atoms with Crippen LogP contribution in [0.4, 0.5) is 11.4 Å². The Morgan fingerprint density at radius 1 is 1.11 bits per heavy atom. The number of pyridine rings is 1.